The Hall–Kier alpha value is -3.22. The van der Waals surface area contributed by atoms with Gasteiger partial charge in [-0.1, -0.05) is 12.1 Å². The second-order valence-corrected chi connectivity index (χ2v) is 5.69. The summed E-state index contributed by atoms with van der Waals surface area (Å²) < 4.78 is 18.2. The van der Waals surface area contributed by atoms with Gasteiger partial charge >= 0.3 is 5.97 Å². The molecule has 0 bridgehead atoms. The maximum absolute atomic E-state index is 13.1. The van der Waals surface area contributed by atoms with Crippen LogP contribution in [0, 0.1) is 5.82 Å². The molecule has 7 heteroatoms. The van der Waals surface area contributed by atoms with E-state index in [9.17, 15) is 18.8 Å². The van der Waals surface area contributed by atoms with Crippen molar-refractivity contribution in [2.45, 2.75) is 26.4 Å². The van der Waals surface area contributed by atoms with E-state index in [1.807, 2.05) is 0 Å². The molecule has 0 saturated heterocycles. The molecular weight excluding hydrogens is 339 g/mol. The van der Waals surface area contributed by atoms with Crippen molar-refractivity contribution in [3.05, 3.63) is 59.9 Å². The number of carbonyl (C=O) groups is 3. The van der Waals surface area contributed by atoms with Crippen molar-refractivity contribution in [3.8, 4) is 0 Å². The summed E-state index contributed by atoms with van der Waals surface area (Å²) in [5, 5.41) is 5.23. The summed E-state index contributed by atoms with van der Waals surface area (Å²) >= 11 is 0. The van der Waals surface area contributed by atoms with Crippen molar-refractivity contribution >= 4 is 29.2 Å². The molecule has 136 valence electrons. The predicted octanol–water partition coefficient (Wildman–Crippen LogP) is 2.90. The number of halogens is 1. The van der Waals surface area contributed by atoms with Gasteiger partial charge in [-0.3, -0.25) is 14.4 Å². The summed E-state index contributed by atoms with van der Waals surface area (Å²) in [4.78, 5) is 34.9. The lowest BCUT2D eigenvalue weighted by atomic mass is 10.1. The first-order valence-electron chi connectivity index (χ1n) is 7.96. The van der Waals surface area contributed by atoms with Crippen LogP contribution in [0.4, 0.5) is 15.8 Å². The molecule has 2 rings (SSSR count). The van der Waals surface area contributed by atoms with E-state index < -0.39 is 23.8 Å². The third-order valence-corrected chi connectivity index (χ3v) is 3.39. The second-order valence-electron chi connectivity index (χ2n) is 5.69. The molecule has 0 spiro atoms. The number of ether oxygens (including phenoxy) is 1. The van der Waals surface area contributed by atoms with Crippen molar-refractivity contribution in [2.24, 2.45) is 0 Å². The molecule has 0 aliphatic carbocycles. The molecule has 0 aliphatic heterocycles. The third-order valence-electron chi connectivity index (χ3n) is 3.39. The van der Waals surface area contributed by atoms with Crippen molar-refractivity contribution < 1.29 is 23.5 Å². The average molecular weight is 358 g/mol. The van der Waals surface area contributed by atoms with E-state index in [1.165, 1.54) is 32.0 Å². The lowest BCUT2D eigenvalue weighted by molar-refractivity contribution is -0.152. The summed E-state index contributed by atoms with van der Waals surface area (Å²) in [5.74, 6) is -1.76. The molecule has 0 heterocycles. The number of anilines is 2. The zero-order chi connectivity index (χ0) is 19.1. The van der Waals surface area contributed by atoms with Crippen LogP contribution in [0.3, 0.4) is 0 Å². The quantitative estimate of drug-likeness (QED) is 0.778. The first-order valence-corrected chi connectivity index (χ1v) is 7.96. The fourth-order valence-electron chi connectivity index (χ4n) is 2.19. The molecule has 0 saturated carbocycles. The van der Waals surface area contributed by atoms with Crippen molar-refractivity contribution in [2.75, 3.05) is 10.6 Å². The smallest absolute Gasteiger partial charge is 0.311 e. The normalized spacial score (nSPS) is 11.3. The van der Waals surface area contributed by atoms with E-state index in [2.05, 4.69) is 10.6 Å². The van der Waals surface area contributed by atoms with Crippen molar-refractivity contribution in [1.29, 1.82) is 0 Å². The van der Waals surface area contributed by atoms with Gasteiger partial charge in [-0.15, -0.1) is 0 Å². The maximum atomic E-state index is 13.1. The standard InChI is InChI=1S/C19H19FN2O4/c1-12(26-18(24)11-14-4-3-5-15(20)10-14)19(25)22-17-8-6-16(7-9-17)21-13(2)23/h3-10,12H,11H2,1-2H3,(H,21,23)(H,22,25)/t12-/m0/s1. The van der Waals surface area contributed by atoms with E-state index in [-0.39, 0.29) is 12.3 Å². The van der Waals surface area contributed by atoms with Crippen LogP contribution in [0.15, 0.2) is 48.5 Å². The molecule has 2 aromatic rings. The van der Waals surface area contributed by atoms with Crippen LogP contribution in [0.2, 0.25) is 0 Å². The Morgan fingerprint density at radius 2 is 1.65 bits per heavy atom. The fourth-order valence-corrected chi connectivity index (χ4v) is 2.19. The van der Waals surface area contributed by atoms with Crippen LogP contribution in [0.1, 0.15) is 19.4 Å². The molecule has 0 radical (unpaired) electrons. The van der Waals surface area contributed by atoms with Crippen LogP contribution < -0.4 is 10.6 Å². The Kier molecular flexibility index (Phi) is 6.43. The monoisotopic (exact) mass is 358 g/mol. The average Bonchev–Trinajstić information content (AvgIpc) is 2.56. The van der Waals surface area contributed by atoms with E-state index in [4.69, 9.17) is 4.74 Å². The maximum Gasteiger partial charge on any atom is 0.311 e. The van der Waals surface area contributed by atoms with Gasteiger partial charge in [-0.2, -0.15) is 0 Å². The molecular formula is C19H19FN2O4. The number of benzene rings is 2. The van der Waals surface area contributed by atoms with Gasteiger partial charge in [0.25, 0.3) is 5.91 Å². The highest BCUT2D eigenvalue weighted by Gasteiger charge is 2.18. The molecule has 2 N–H and O–H groups in total. The van der Waals surface area contributed by atoms with Crippen LogP contribution in [0.25, 0.3) is 0 Å². The Morgan fingerprint density at radius 1 is 1.04 bits per heavy atom. The van der Waals surface area contributed by atoms with Crippen molar-refractivity contribution in [1.82, 2.24) is 0 Å². The van der Waals surface area contributed by atoms with E-state index in [0.717, 1.165) is 0 Å². The van der Waals surface area contributed by atoms with Gasteiger partial charge < -0.3 is 15.4 Å². The van der Waals surface area contributed by atoms with Crippen LogP contribution in [-0.2, 0) is 25.5 Å². The number of esters is 1. The topological polar surface area (TPSA) is 84.5 Å². The molecule has 0 aromatic heterocycles. The highest BCUT2D eigenvalue weighted by molar-refractivity contribution is 5.95. The molecule has 2 amide bonds. The van der Waals surface area contributed by atoms with Gasteiger partial charge in [0.05, 0.1) is 6.42 Å². The highest BCUT2D eigenvalue weighted by Crippen LogP contribution is 2.14. The fraction of sp³-hybridized carbons (Fsp3) is 0.211. The Bertz CT molecular complexity index is 805. The Balaban J connectivity index is 1.86. The predicted molar refractivity (Wildman–Crippen MR) is 95.0 cm³/mol. The first-order chi connectivity index (χ1) is 12.3. The van der Waals surface area contributed by atoms with E-state index >= 15 is 0 Å². The summed E-state index contributed by atoms with van der Waals surface area (Å²) in [6, 6.07) is 12.1. The first kappa shape index (κ1) is 19.1. The molecule has 6 nitrogen and oxygen atoms in total. The number of carbonyl (C=O) groups excluding carboxylic acids is 3. The number of amides is 2. The molecule has 0 unspecified atom stereocenters. The molecule has 1 atom stereocenters. The summed E-state index contributed by atoms with van der Waals surface area (Å²) in [5.41, 5.74) is 1.57. The van der Waals surface area contributed by atoms with Crippen molar-refractivity contribution in [3.63, 3.8) is 0 Å². The molecule has 2 aromatic carbocycles. The molecule has 0 fully saturated rings. The zero-order valence-corrected chi connectivity index (χ0v) is 14.4. The number of hydrogen-bond acceptors (Lipinski definition) is 4. The summed E-state index contributed by atoms with van der Waals surface area (Å²) in [6.07, 6.45) is -1.13. The second kappa shape index (κ2) is 8.75. The van der Waals surface area contributed by atoms with E-state index in [1.54, 1.807) is 30.3 Å². The minimum atomic E-state index is -1.01. The zero-order valence-electron chi connectivity index (χ0n) is 14.4. The largest absolute Gasteiger partial charge is 0.452 e. The SMILES string of the molecule is CC(=O)Nc1ccc(NC(=O)[C@H](C)OC(=O)Cc2cccc(F)c2)cc1. The Labute approximate surface area is 150 Å². The van der Waals surface area contributed by atoms with Crippen LogP contribution in [0.5, 0.6) is 0 Å². The summed E-state index contributed by atoms with van der Waals surface area (Å²) in [6.45, 7) is 2.85. The number of rotatable bonds is 6. The van der Waals surface area contributed by atoms with Gasteiger partial charge in [-0.05, 0) is 48.9 Å². The summed E-state index contributed by atoms with van der Waals surface area (Å²) in [7, 11) is 0. The lowest BCUT2D eigenvalue weighted by Crippen LogP contribution is -2.30. The third kappa shape index (κ3) is 6.01. The minimum Gasteiger partial charge on any atom is -0.452 e. The van der Waals surface area contributed by atoms with Crippen LogP contribution >= 0.6 is 0 Å². The number of nitrogens with one attached hydrogen (secondary N) is 2. The minimum absolute atomic E-state index is 0.124. The molecule has 0 aliphatic rings. The van der Waals surface area contributed by atoms with Gasteiger partial charge in [0.15, 0.2) is 6.10 Å². The van der Waals surface area contributed by atoms with Gasteiger partial charge in [-0.25, -0.2) is 4.39 Å². The molecule has 26 heavy (non-hydrogen) atoms. The Morgan fingerprint density at radius 3 is 2.23 bits per heavy atom. The lowest BCUT2D eigenvalue weighted by Gasteiger charge is -2.14. The van der Waals surface area contributed by atoms with E-state index in [0.29, 0.717) is 16.9 Å². The highest BCUT2D eigenvalue weighted by atomic mass is 19.1. The van der Waals surface area contributed by atoms with Gasteiger partial charge in [0, 0.05) is 18.3 Å². The van der Waals surface area contributed by atoms with Gasteiger partial charge in [0.2, 0.25) is 5.91 Å². The van der Waals surface area contributed by atoms with Gasteiger partial charge in [0.1, 0.15) is 5.82 Å². The number of hydrogen-bond donors (Lipinski definition) is 2. The van der Waals surface area contributed by atoms with Crippen LogP contribution in [-0.4, -0.2) is 23.9 Å².